The predicted octanol–water partition coefficient (Wildman–Crippen LogP) is 0.741. The molecule has 0 aliphatic rings. The van der Waals surface area contributed by atoms with Crippen molar-refractivity contribution in [2.24, 2.45) is 0 Å². The second kappa shape index (κ2) is 6.07. The van der Waals surface area contributed by atoms with E-state index in [2.05, 4.69) is 15.0 Å². The molecule has 0 amide bonds. The van der Waals surface area contributed by atoms with Crippen molar-refractivity contribution < 1.29 is 14.3 Å². The van der Waals surface area contributed by atoms with Crippen LogP contribution in [0.4, 0.5) is 0 Å². The van der Waals surface area contributed by atoms with Crippen LogP contribution in [0.1, 0.15) is 12.6 Å². The van der Waals surface area contributed by atoms with Gasteiger partial charge in [-0.1, -0.05) is 0 Å². The van der Waals surface area contributed by atoms with E-state index in [4.69, 9.17) is 4.74 Å². The van der Waals surface area contributed by atoms with Gasteiger partial charge in [0.15, 0.2) is 6.10 Å². The highest BCUT2D eigenvalue weighted by atomic mass is 16.6. The van der Waals surface area contributed by atoms with Gasteiger partial charge < -0.3 is 14.8 Å². The summed E-state index contributed by atoms with van der Waals surface area (Å²) in [6.07, 6.45) is 0.966. The SMILES string of the molecule is CNCc1ccc(OC(C)C(=O)OC)cn1. The normalized spacial score (nSPS) is 11.9. The fourth-order valence-corrected chi connectivity index (χ4v) is 1.18. The fraction of sp³-hybridized carbons (Fsp3) is 0.455. The molecule has 0 saturated carbocycles. The maximum absolute atomic E-state index is 11.1. The van der Waals surface area contributed by atoms with Crippen molar-refractivity contribution in [3.8, 4) is 5.75 Å². The predicted molar refractivity (Wildman–Crippen MR) is 59.1 cm³/mol. The molecule has 1 rings (SSSR count). The Morgan fingerprint density at radius 1 is 1.56 bits per heavy atom. The van der Waals surface area contributed by atoms with E-state index >= 15 is 0 Å². The standard InChI is InChI=1S/C11H16N2O3/c1-8(11(14)15-3)16-10-5-4-9(6-12-2)13-7-10/h4-5,7-8,12H,6H2,1-3H3. The largest absolute Gasteiger partial charge is 0.477 e. The van der Waals surface area contributed by atoms with Gasteiger partial charge in [-0.3, -0.25) is 4.98 Å². The Labute approximate surface area is 94.8 Å². The molecule has 1 atom stereocenters. The van der Waals surface area contributed by atoms with Crippen LogP contribution in [0, 0.1) is 0 Å². The van der Waals surface area contributed by atoms with E-state index in [1.54, 1.807) is 19.2 Å². The maximum atomic E-state index is 11.1. The molecule has 88 valence electrons. The van der Waals surface area contributed by atoms with E-state index in [1.807, 2.05) is 13.1 Å². The molecule has 0 fully saturated rings. The zero-order valence-electron chi connectivity index (χ0n) is 9.69. The molecule has 0 aliphatic heterocycles. The molecule has 1 aromatic rings. The monoisotopic (exact) mass is 224 g/mol. The number of rotatable bonds is 5. The summed E-state index contributed by atoms with van der Waals surface area (Å²) in [4.78, 5) is 15.3. The van der Waals surface area contributed by atoms with Crippen molar-refractivity contribution in [2.75, 3.05) is 14.2 Å². The molecule has 1 aromatic heterocycles. The second-order valence-corrected chi connectivity index (χ2v) is 3.30. The smallest absolute Gasteiger partial charge is 0.346 e. The van der Waals surface area contributed by atoms with Crippen molar-refractivity contribution in [1.29, 1.82) is 0 Å². The lowest BCUT2D eigenvalue weighted by molar-refractivity contribution is -0.147. The van der Waals surface area contributed by atoms with Crippen molar-refractivity contribution in [3.05, 3.63) is 24.0 Å². The summed E-state index contributed by atoms with van der Waals surface area (Å²) in [6, 6.07) is 3.62. The summed E-state index contributed by atoms with van der Waals surface area (Å²) < 4.78 is 9.89. The molecule has 0 saturated heterocycles. The van der Waals surface area contributed by atoms with Crippen molar-refractivity contribution in [2.45, 2.75) is 19.6 Å². The van der Waals surface area contributed by atoms with E-state index in [1.165, 1.54) is 7.11 Å². The third-order valence-corrected chi connectivity index (χ3v) is 2.00. The van der Waals surface area contributed by atoms with Crippen LogP contribution in [0.2, 0.25) is 0 Å². The molecule has 1 heterocycles. The Bertz CT molecular complexity index is 338. The Balaban J connectivity index is 2.58. The molecule has 16 heavy (non-hydrogen) atoms. The van der Waals surface area contributed by atoms with Gasteiger partial charge in [0.1, 0.15) is 5.75 Å². The van der Waals surface area contributed by atoms with Gasteiger partial charge in [-0.15, -0.1) is 0 Å². The van der Waals surface area contributed by atoms with Crippen LogP contribution in [0.5, 0.6) is 5.75 Å². The Hall–Kier alpha value is -1.62. The van der Waals surface area contributed by atoms with Crippen LogP contribution in [0.3, 0.4) is 0 Å². The lowest BCUT2D eigenvalue weighted by Crippen LogP contribution is -2.24. The third kappa shape index (κ3) is 3.51. The molecule has 5 nitrogen and oxygen atoms in total. The van der Waals surface area contributed by atoms with Crippen LogP contribution >= 0.6 is 0 Å². The van der Waals surface area contributed by atoms with Crippen LogP contribution < -0.4 is 10.1 Å². The van der Waals surface area contributed by atoms with E-state index in [9.17, 15) is 4.79 Å². The summed E-state index contributed by atoms with van der Waals surface area (Å²) in [5.41, 5.74) is 0.917. The van der Waals surface area contributed by atoms with Crippen LogP contribution in [0.25, 0.3) is 0 Å². The number of carbonyl (C=O) groups excluding carboxylic acids is 1. The summed E-state index contributed by atoms with van der Waals surface area (Å²) in [5, 5.41) is 2.99. The quantitative estimate of drug-likeness (QED) is 0.747. The number of hydrogen-bond donors (Lipinski definition) is 1. The zero-order valence-corrected chi connectivity index (χ0v) is 9.69. The molecule has 1 N–H and O–H groups in total. The van der Waals surface area contributed by atoms with E-state index in [-0.39, 0.29) is 0 Å². The van der Waals surface area contributed by atoms with E-state index < -0.39 is 12.1 Å². The first-order valence-electron chi connectivity index (χ1n) is 5.01. The van der Waals surface area contributed by atoms with Gasteiger partial charge in [-0.2, -0.15) is 0 Å². The average molecular weight is 224 g/mol. The molecular weight excluding hydrogens is 208 g/mol. The third-order valence-electron chi connectivity index (χ3n) is 2.00. The highest BCUT2D eigenvalue weighted by Crippen LogP contribution is 2.11. The molecular formula is C11H16N2O3. The molecule has 0 radical (unpaired) electrons. The van der Waals surface area contributed by atoms with E-state index in [0.717, 1.165) is 5.69 Å². The lowest BCUT2D eigenvalue weighted by Gasteiger charge is -2.12. The first kappa shape index (κ1) is 12.4. The topological polar surface area (TPSA) is 60.5 Å². The van der Waals surface area contributed by atoms with Gasteiger partial charge in [-0.05, 0) is 26.1 Å². The van der Waals surface area contributed by atoms with Gasteiger partial charge in [0.05, 0.1) is 19.0 Å². The minimum atomic E-state index is -0.623. The maximum Gasteiger partial charge on any atom is 0.346 e. The summed E-state index contributed by atoms with van der Waals surface area (Å²) >= 11 is 0. The zero-order chi connectivity index (χ0) is 12.0. The highest BCUT2D eigenvalue weighted by Gasteiger charge is 2.14. The summed E-state index contributed by atoms with van der Waals surface area (Å²) in [6.45, 7) is 2.33. The Morgan fingerprint density at radius 3 is 2.81 bits per heavy atom. The van der Waals surface area contributed by atoms with Crippen LogP contribution in [-0.2, 0) is 16.1 Å². The number of carbonyl (C=O) groups is 1. The number of pyridine rings is 1. The number of hydrogen-bond acceptors (Lipinski definition) is 5. The first-order chi connectivity index (χ1) is 7.67. The lowest BCUT2D eigenvalue weighted by atomic mass is 10.3. The number of esters is 1. The number of ether oxygens (including phenoxy) is 2. The van der Waals surface area contributed by atoms with Gasteiger partial charge in [-0.25, -0.2) is 4.79 Å². The van der Waals surface area contributed by atoms with Crippen molar-refractivity contribution in [3.63, 3.8) is 0 Å². The van der Waals surface area contributed by atoms with Crippen molar-refractivity contribution >= 4 is 5.97 Å². The second-order valence-electron chi connectivity index (χ2n) is 3.30. The van der Waals surface area contributed by atoms with Gasteiger partial charge >= 0.3 is 5.97 Å². The molecule has 0 spiro atoms. The first-order valence-corrected chi connectivity index (χ1v) is 5.01. The van der Waals surface area contributed by atoms with Gasteiger partial charge in [0.25, 0.3) is 0 Å². The van der Waals surface area contributed by atoms with Gasteiger partial charge in [0.2, 0.25) is 0 Å². The number of methoxy groups -OCH3 is 1. The Kier molecular flexibility index (Phi) is 4.72. The van der Waals surface area contributed by atoms with Crippen LogP contribution in [0.15, 0.2) is 18.3 Å². The van der Waals surface area contributed by atoms with Gasteiger partial charge in [0, 0.05) is 6.54 Å². The molecule has 0 aromatic carbocycles. The summed E-state index contributed by atoms with van der Waals surface area (Å²) in [5.74, 6) is 0.150. The molecule has 0 aliphatic carbocycles. The molecule has 0 bridgehead atoms. The molecule has 5 heteroatoms. The minimum Gasteiger partial charge on any atom is -0.477 e. The van der Waals surface area contributed by atoms with Crippen LogP contribution in [-0.4, -0.2) is 31.2 Å². The fourth-order valence-electron chi connectivity index (χ4n) is 1.18. The summed E-state index contributed by atoms with van der Waals surface area (Å²) in [7, 11) is 3.18. The Morgan fingerprint density at radius 2 is 2.31 bits per heavy atom. The van der Waals surface area contributed by atoms with Crippen molar-refractivity contribution in [1.82, 2.24) is 10.3 Å². The van der Waals surface area contributed by atoms with E-state index in [0.29, 0.717) is 12.3 Å². The average Bonchev–Trinajstić information content (AvgIpc) is 2.31. The number of nitrogens with one attached hydrogen (secondary N) is 1. The number of aromatic nitrogens is 1. The number of nitrogens with zero attached hydrogens (tertiary/aromatic N) is 1. The molecule has 1 unspecified atom stereocenters. The highest BCUT2D eigenvalue weighted by molar-refractivity contribution is 5.74. The minimum absolute atomic E-state index is 0.403.